The molecule has 0 aromatic heterocycles. The van der Waals surface area contributed by atoms with E-state index in [0.717, 1.165) is 51.4 Å². The van der Waals surface area contributed by atoms with E-state index >= 15 is 0 Å². The average Bonchev–Trinajstić information content (AvgIpc) is 2.35. The van der Waals surface area contributed by atoms with Crippen LogP contribution in [0.5, 0.6) is 5.75 Å². The molecule has 18 heavy (non-hydrogen) atoms. The molecule has 1 aromatic rings. The van der Waals surface area contributed by atoms with Crippen molar-refractivity contribution in [3.63, 3.8) is 0 Å². The Hall–Kier alpha value is -1.06. The van der Waals surface area contributed by atoms with E-state index < -0.39 is 0 Å². The Bertz CT molecular complexity index is 375. The predicted molar refractivity (Wildman–Crippen MR) is 72.9 cm³/mol. The Morgan fingerprint density at radius 1 is 1.33 bits per heavy atom. The maximum Gasteiger partial charge on any atom is 0.119 e. The van der Waals surface area contributed by atoms with Crippen LogP contribution in [-0.2, 0) is 11.2 Å². The molecule has 1 heterocycles. The molecule has 0 aliphatic carbocycles. The highest BCUT2D eigenvalue weighted by Crippen LogP contribution is 2.27. The van der Waals surface area contributed by atoms with Crippen molar-refractivity contribution in [2.24, 2.45) is 11.1 Å². The minimum atomic E-state index is 0.204. The smallest absolute Gasteiger partial charge is 0.119 e. The van der Waals surface area contributed by atoms with E-state index in [1.165, 1.54) is 5.56 Å². The Morgan fingerprint density at radius 2 is 2.17 bits per heavy atom. The first-order chi connectivity index (χ1) is 8.72. The van der Waals surface area contributed by atoms with Gasteiger partial charge in [-0.3, -0.25) is 0 Å². The van der Waals surface area contributed by atoms with Crippen LogP contribution < -0.4 is 10.5 Å². The van der Waals surface area contributed by atoms with Gasteiger partial charge in [0.05, 0.1) is 19.8 Å². The largest absolute Gasteiger partial charge is 0.493 e. The van der Waals surface area contributed by atoms with Crippen molar-refractivity contribution >= 4 is 0 Å². The van der Waals surface area contributed by atoms with Crippen LogP contribution in [-0.4, -0.2) is 26.4 Å². The van der Waals surface area contributed by atoms with Crippen molar-refractivity contribution in [3.05, 3.63) is 29.8 Å². The monoisotopic (exact) mass is 249 g/mol. The molecule has 1 fully saturated rings. The molecule has 1 aliphatic heterocycles. The van der Waals surface area contributed by atoms with Crippen LogP contribution in [0.3, 0.4) is 0 Å². The maximum atomic E-state index is 5.86. The second-order valence-corrected chi connectivity index (χ2v) is 5.49. The molecule has 0 amide bonds. The fraction of sp³-hybridized carbons (Fsp3) is 0.600. The molecule has 2 N–H and O–H groups in total. The van der Waals surface area contributed by atoms with E-state index in [1.54, 1.807) is 0 Å². The summed E-state index contributed by atoms with van der Waals surface area (Å²) >= 11 is 0. The summed E-state index contributed by atoms with van der Waals surface area (Å²) in [6.07, 6.45) is 3.31. The number of unbranched alkanes of at least 4 members (excludes halogenated alkanes) is 1. The zero-order valence-corrected chi connectivity index (χ0v) is 11.2. The molecule has 1 saturated heterocycles. The lowest BCUT2D eigenvalue weighted by Gasteiger charge is -2.37. The second-order valence-electron chi connectivity index (χ2n) is 5.49. The fourth-order valence-corrected chi connectivity index (χ4v) is 2.06. The van der Waals surface area contributed by atoms with Gasteiger partial charge in [-0.1, -0.05) is 19.1 Å². The Labute approximate surface area is 109 Å². The molecule has 0 unspecified atom stereocenters. The van der Waals surface area contributed by atoms with Crippen LogP contribution in [0.25, 0.3) is 0 Å². The molecule has 2 rings (SSSR count). The molecule has 3 heteroatoms. The van der Waals surface area contributed by atoms with Gasteiger partial charge in [-0.2, -0.15) is 0 Å². The van der Waals surface area contributed by atoms with E-state index in [1.807, 2.05) is 6.07 Å². The first-order valence-corrected chi connectivity index (χ1v) is 6.71. The first kappa shape index (κ1) is 13.4. The summed E-state index contributed by atoms with van der Waals surface area (Å²) in [7, 11) is 0. The standard InChI is InChI=1S/C15H23NO2/c1-15(10-17-11-15)12-18-14-7-4-6-13(9-14)5-2-3-8-16/h4,6-7,9H,2-3,5,8,10-12,16H2,1H3. The van der Waals surface area contributed by atoms with Crippen molar-refractivity contribution in [2.75, 3.05) is 26.4 Å². The molecular formula is C15H23NO2. The van der Waals surface area contributed by atoms with Crippen molar-refractivity contribution in [2.45, 2.75) is 26.2 Å². The van der Waals surface area contributed by atoms with Gasteiger partial charge in [-0.25, -0.2) is 0 Å². The van der Waals surface area contributed by atoms with Crippen LogP contribution in [0.4, 0.5) is 0 Å². The molecule has 0 saturated carbocycles. The minimum Gasteiger partial charge on any atom is -0.493 e. The number of rotatable bonds is 7. The maximum absolute atomic E-state index is 5.86. The van der Waals surface area contributed by atoms with Gasteiger partial charge in [-0.05, 0) is 43.5 Å². The Balaban J connectivity index is 1.82. The molecule has 1 aliphatic rings. The van der Waals surface area contributed by atoms with Crippen molar-refractivity contribution in [1.29, 1.82) is 0 Å². The Morgan fingerprint density at radius 3 is 2.83 bits per heavy atom. The number of hydrogen-bond acceptors (Lipinski definition) is 3. The van der Waals surface area contributed by atoms with Gasteiger partial charge in [-0.15, -0.1) is 0 Å². The second kappa shape index (κ2) is 6.21. The first-order valence-electron chi connectivity index (χ1n) is 6.71. The van der Waals surface area contributed by atoms with Crippen LogP contribution in [0.2, 0.25) is 0 Å². The number of benzene rings is 1. The zero-order chi connectivity index (χ0) is 12.8. The topological polar surface area (TPSA) is 44.5 Å². The van der Waals surface area contributed by atoms with Gasteiger partial charge in [0, 0.05) is 5.41 Å². The highest BCUT2D eigenvalue weighted by Gasteiger charge is 2.34. The molecule has 100 valence electrons. The van der Waals surface area contributed by atoms with Crippen molar-refractivity contribution in [3.8, 4) is 5.75 Å². The highest BCUT2D eigenvalue weighted by molar-refractivity contribution is 5.28. The molecule has 0 atom stereocenters. The summed E-state index contributed by atoms with van der Waals surface area (Å²) in [5.41, 5.74) is 7.04. The fourth-order valence-electron chi connectivity index (χ4n) is 2.06. The summed E-state index contributed by atoms with van der Waals surface area (Å²) in [6.45, 7) is 5.32. The minimum absolute atomic E-state index is 0.204. The van der Waals surface area contributed by atoms with Crippen LogP contribution in [0.15, 0.2) is 24.3 Å². The summed E-state index contributed by atoms with van der Waals surface area (Å²) < 4.78 is 11.1. The number of ether oxygens (including phenoxy) is 2. The molecule has 1 aromatic carbocycles. The van der Waals surface area contributed by atoms with Crippen LogP contribution in [0, 0.1) is 5.41 Å². The average molecular weight is 249 g/mol. The van der Waals surface area contributed by atoms with Crippen molar-refractivity contribution in [1.82, 2.24) is 0 Å². The van der Waals surface area contributed by atoms with Gasteiger partial charge in [0.2, 0.25) is 0 Å². The van der Waals surface area contributed by atoms with Gasteiger partial charge in [0.1, 0.15) is 5.75 Å². The molecule has 0 bridgehead atoms. The molecule has 0 radical (unpaired) electrons. The quantitative estimate of drug-likeness (QED) is 0.755. The van der Waals surface area contributed by atoms with Gasteiger partial charge in [0.25, 0.3) is 0 Å². The predicted octanol–water partition coefficient (Wildman–Crippen LogP) is 2.38. The van der Waals surface area contributed by atoms with Crippen LogP contribution >= 0.6 is 0 Å². The van der Waals surface area contributed by atoms with E-state index in [4.69, 9.17) is 15.2 Å². The zero-order valence-electron chi connectivity index (χ0n) is 11.2. The number of aryl methyl sites for hydroxylation is 1. The summed E-state index contributed by atoms with van der Waals surface area (Å²) in [5, 5.41) is 0. The lowest BCUT2D eigenvalue weighted by Crippen LogP contribution is -2.44. The van der Waals surface area contributed by atoms with Gasteiger partial charge < -0.3 is 15.2 Å². The molecule has 3 nitrogen and oxygen atoms in total. The lowest BCUT2D eigenvalue weighted by molar-refractivity contribution is -0.120. The van der Waals surface area contributed by atoms with Gasteiger partial charge in [0.15, 0.2) is 0 Å². The highest BCUT2D eigenvalue weighted by atomic mass is 16.5. The third kappa shape index (κ3) is 3.72. The summed E-state index contributed by atoms with van der Waals surface area (Å²) in [5.74, 6) is 0.966. The van der Waals surface area contributed by atoms with E-state index in [2.05, 4.69) is 25.1 Å². The summed E-state index contributed by atoms with van der Waals surface area (Å²) in [6, 6.07) is 8.37. The van der Waals surface area contributed by atoms with E-state index in [0.29, 0.717) is 0 Å². The summed E-state index contributed by atoms with van der Waals surface area (Å²) in [4.78, 5) is 0. The van der Waals surface area contributed by atoms with E-state index in [9.17, 15) is 0 Å². The SMILES string of the molecule is CC1(COc2cccc(CCCCN)c2)COC1. The third-order valence-electron chi connectivity index (χ3n) is 3.31. The molecule has 0 spiro atoms. The third-order valence-corrected chi connectivity index (χ3v) is 3.31. The van der Waals surface area contributed by atoms with E-state index in [-0.39, 0.29) is 5.41 Å². The van der Waals surface area contributed by atoms with Gasteiger partial charge >= 0.3 is 0 Å². The Kier molecular flexibility index (Phi) is 4.61. The lowest BCUT2D eigenvalue weighted by atomic mass is 9.90. The normalized spacial score (nSPS) is 17.2. The van der Waals surface area contributed by atoms with Crippen molar-refractivity contribution < 1.29 is 9.47 Å². The number of nitrogens with two attached hydrogens (primary N) is 1. The van der Waals surface area contributed by atoms with Crippen LogP contribution in [0.1, 0.15) is 25.3 Å². The number of hydrogen-bond donors (Lipinski definition) is 1. The molecular weight excluding hydrogens is 226 g/mol.